The maximum Gasteiger partial charge on any atom is 0.205 e. The molecule has 0 saturated heterocycles. The van der Waals surface area contributed by atoms with E-state index in [0.717, 1.165) is 11.3 Å². The number of ether oxygens (including phenoxy) is 2. The summed E-state index contributed by atoms with van der Waals surface area (Å²) in [6, 6.07) is 0. The summed E-state index contributed by atoms with van der Waals surface area (Å²) in [4.78, 5) is 4.34. The first-order valence-electron chi connectivity index (χ1n) is 7.41. The normalized spacial score (nSPS) is 19.3. The van der Waals surface area contributed by atoms with E-state index < -0.39 is 24.2 Å². The fourth-order valence-corrected chi connectivity index (χ4v) is 3.10. The molecule has 2 rings (SSSR count). The Hall–Kier alpha value is -0.900. The number of aliphatic hydroxyl groups excluding tert-OH is 1. The van der Waals surface area contributed by atoms with Crippen molar-refractivity contribution in [3.63, 3.8) is 0 Å². The Bertz CT molecular complexity index is 633. The highest BCUT2D eigenvalue weighted by atomic mass is 31.2. The Kier molecular flexibility index (Phi) is 4.23. The number of aliphatic hydroxyl groups is 1. The minimum atomic E-state index is -2.52. The Morgan fingerprint density at radius 1 is 1.41 bits per heavy atom. The van der Waals surface area contributed by atoms with Gasteiger partial charge in [-0.05, 0) is 20.3 Å². The first kappa shape index (κ1) is 17.5. The molecule has 1 aliphatic heterocycles. The third-order valence-electron chi connectivity index (χ3n) is 4.61. The van der Waals surface area contributed by atoms with Crippen LogP contribution in [0.4, 0.5) is 0 Å². The SMILES string of the molecule is Cc1ncc(C(O)C(C)(C)P(C)(C)=O)c2c1OC(C)(C)OC2. The molecule has 1 atom stereocenters. The zero-order valence-electron chi connectivity index (χ0n) is 14.4. The van der Waals surface area contributed by atoms with Gasteiger partial charge in [-0.1, -0.05) is 13.8 Å². The summed E-state index contributed by atoms with van der Waals surface area (Å²) < 4.78 is 24.1. The van der Waals surface area contributed by atoms with Crippen molar-refractivity contribution in [3.05, 3.63) is 23.0 Å². The number of hydrogen-bond donors (Lipinski definition) is 1. The van der Waals surface area contributed by atoms with Crippen LogP contribution in [0.2, 0.25) is 0 Å². The number of fused-ring (bicyclic) bond motifs is 1. The van der Waals surface area contributed by atoms with E-state index in [0.29, 0.717) is 17.9 Å². The molecule has 0 fully saturated rings. The molecule has 0 spiro atoms. The van der Waals surface area contributed by atoms with Crippen LogP contribution in [0.3, 0.4) is 0 Å². The van der Waals surface area contributed by atoms with E-state index >= 15 is 0 Å². The highest BCUT2D eigenvalue weighted by molar-refractivity contribution is 7.64. The second-order valence-electron chi connectivity index (χ2n) is 7.30. The van der Waals surface area contributed by atoms with Gasteiger partial charge in [-0.3, -0.25) is 4.98 Å². The molecule has 6 heteroatoms. The number of nitrogens with zero attached hydrogens (tertiary/aromatic N) is 1. The lowest BCUT2D eigenvalue weighted by molar-refractivity contribution is -0.181. The Morgan fingerprint density at radius 2 is 2.00 bits per heavy atom. The quantitative estimate of drug-likeness (QED) is 0.861. The molecule has 1 aliphatic rings. The molecule has 1 unspecified atom stereocenters. The van der Waals surface area contributed by atoms with Gasteiger partial charge in [0.1, 0.15) is 5.75 Å². The summed E-state index contributed by atoms with van der Waals surface area (Å²) in [7, 11) is -2.52. The van der Waals surface area contributed by atoms with Gasteiger partial charge in [-0.2, -0.15) is 0 Å². The van der Waals surface area contributed by atoms with Gasteiger partial charge in [-0.15, -0.1) is 0 Å². The minimum Gasteiger partial charge on any atom is -0.461 e. The van der Waals surface area contributed by atoms with Crippen molar-refractivity contribution in [2.24, 2.45) is 0 Å². The van der Waals surface area contributed by atoms with Crippen LogP contribution in [-0.4, -0.2) is 34.4 Å². The van der Waals surface area contributed by atoms with Crippen molar-refractivity contribution in [3.8, 4) is 5.75 Å². The predicted molar refractivity (Wildman–Crippen MR) is 87.0 cm³/mol. The van der Waals surface area contributed by atoms with Crippen molar-refractivity contribution >= 4 is 7.14 Å². The summed E-state index contributed by atoms with van der Waals surface area (Å²) in [5.74, 6) is -0.0609. The lowest BCUT2D eigenvalue weighted by Crippen LogP contribution is -2.37. The zero-order valence-corrected chi connectivity index (χ0v) is 15.3. The molecule has 0 aromatic carbocycles. The largest absolute Gasteiger partial charge is 0.461 e. The van der Waals surface area contributed by atoms with Gasteiger partial charge in [0.25, 0.3) is 0 Å². The Balaban J connectivity index is 2.53. The Labute approximate surface area is 132 Å². The van der Waals surface area contributed by atoms with E-state index in [9.17, 15) is 9.67 Å². The average Bonchev–Trinajstić information content (AvgIpc) is 2.37. The molecular weight excluding hydrogens is 301 g/mol. The molecule has 1 N–H and O–H groups in total. The van der Waals surface area contributed by atoms with E-state index in [2.05, 4.69) is 4.98 Å². The molecule has 5 nitrogen and oxygen atoms in total. The van der Waals surface area contributed by atoms with E-state index in [1.807, 2.05) is 34.6 Å². The van der Waals surface area contributed by atoms with Crippen LogP contribution in [0, 0.1) is 6.92 Å². The van der Waals surface area contributed by atoms with Crippen molar-refractivity contribution in [1.29, 1.82) is 0 Å². The van der Waals surface area contributed by atoms with Crippen molar-refractivity contribution in [1.82, 2.24) is 4.98 Å². The monoisotopic (exact) mass is 327 g/mol. The molecular formula is C16H26NO4P. The van der Waals surface area contributed by atoms with E-state index in [4.69, 9.17) is 9.47 Å². The van der Waals surface area contributed by atoms with Gasteiger partial charge in [0.2, 0.25) is 5.79 Å². The first-order valence-corrected chi connectivity index (χ1v) is 10.0. The molecule has 0 saturated carbocycles. The fourth-order valence-electron chi connectivity index (χ4n) is 2.37. The molecule has 1 aromatic heterocycles. The molecule has 1 aromatic rings. The molecule has 0 aliphatic carbocycles. The van der Waals surface area contributed by atoms with E-state index in [-0.39, 0.29) is 0 Å². The molecule has 0 radical (unpaired) electrons. The number of aryl methyl sites for hydroxylation is 1. The summed E-state index contributed by atoms with van der Waals surface area (Å²) in [6.45, 7) is 12.9. The number of aromatic nitrogens is 1. The highest BCUT2D eigenvalue weighted by Gasteiger charge is 2.42. The summed E-state index contributed by atoms with van der Waals surface area (Å²) >= 11 is 0. The predicted octanol–water partition coefficient (Wildman–Crippen LogP) is 3.47. The standard InChI is InChI=1S/C16H26NO4P/c1-10-13-12(9-20-16(4,5)21-13)11(8-17-10)14(18)15(2,3)22(6,7)19/h8,14,18H,9H2,1-7H3. The van der Waals surface area contributed by atoms with Gasteiger partial charge < -0.3 is 19.1 Å². The smallest absolute Gasteiger partial charge is 0.205 e. The van der Waals surface area contributed by atoms with Crippen LogP contribution in [0.5, 0.6) is 5.75 Å². The van der Waals surface area contributed by atoms with Crippen LogP contribution in [0.1, 0.15) is 50.6 Å². The lowest BCUT2D eigenvalue weighted by atomic mass is 9.94. The minimum absolute atomic E-state index is 0.339. The van der Waals surface area contributed by atoms with Crippen LogP contribution >= 0.6 is 7.14 Å². The molecule has 0 bridgehead atoms. The van der Waals surface area contributed by atoms with Gasteiger partial charge in [0, 0.05) is 36.3 Å². The molecule has 2 heterocycles. The first-order chi connectivity index (χ1) is 9.87. The second-order valence-corrected chi connectivity index (χ2v) is 11.2. The van der Waals surface area contributed by atoms with Gasteiger partial charge in [0.05, 0.1) is 25.5 Å². The molecule has 22 heavy (non-hydrogen) atoms. The summed E-state index contributed by atoms with van der Waals surface area (Å²) in [5.41, 5.74) is 2.18. The zero-order chi connectivity index (χ0) is 16.9. The van der Waals surface area contributed by atoms with Gasteiger partial charge in [0.15, 0.2) is 0 Å². The van der Waals surface area contributed by atoms with Crippen molar-refractivity contribution in [2.75, 3.05) is 13.3 Å². The number of hydrogen-bond acceptors (Lipinski definition) is 5. The van der Waals surface area contributed by atoms with E-state index in [1.165, 1.54) is 0 Å². The van der Waals surface area contributed by atoms with Crippen LogP contribution in [0.15, 0.2) is 6.20 Å². The van der Waals surface area contributed by atoms with E-state index in [1.54, 1.807) is 19.5 Å². The fraction of sp³-hybridized carbons (Fsp3) is 0.688. The third kappa shape index (κ3) is 2.94. The topological polar surface area (TPSA) is 68.7 Å². The summed E-state index contributed by atoms with van der Waals surface area (Å²) in [5, 5.41) is 10.1. The van der Waals surface area contributed by atoms with Gasteiger partial charge >= 0.3 is 0 Å². The maximum atomic E-state index is 12.5. The molecule has 0 amide bonds. The van der Waals surface area contributed by atoms with Crippen LogP contribution in [0.25, 0.3) is 0 Å². The van der Waals surface area contributed by atoms with Crippen LogP contribution < -0.4 is 4.74 Å². The average molecular weight is 327 g/mol. The second kappa shape index (κ2) is 5.33. The number of rotatable bonds is 3. The Morgan fingerprint density at radius 3 is 2.55 bits per heavy atom. The number of pyridine rings is 1. The van der Waals surface area contributed by atoms with Gasteiger partial charge in [-0.25, -0.2) is 0 Å². The van der Waals surface area contributed by atoms with Crippen molar-refractivity contribution in [2.45, 2.75) is 58.3 Å². The summed E-state index contributed by atoms with van der Waals surface area (Å²) in [6.07, 6.45) is 0.741. The highest BCUT2D eigenvalue weighted by Crippen LogP contribution is 2.57. The molecule has 124 valence electrons. The maximum absolute atomic E-state index is 12.5. The van der Waals surface area contributed by atoms with Crippen LogP contribution in [-0.2, 0) is 15.9 Å². The third-order valence-corrected chi connectivity index (χ3v) is 7.63. The van der Waals surface area contributed by atoms with Crippen molar-refractivity contribution < 1.29 is 19.1 Å². The lowest BCUT2D eigenvalue weighted by Gasteiger charge is -2.38.